The van der Waals surface area contributed by atoms with Crippen LogP contribution in [0.4, 0.5) is 0 Å². The van der Waals surface area contributed by atoms with Crippen molar-refractivity contribution in [2.45, 2.75) is 255 Å². The summed E-state index contributed by atoms with van der Waals surface area (Å²) in [5.74, 6) is -6.85. The number of carboxylic acids is 7. The van der Waals surface area contributed by atoms with Crippen LogP contribution in [-0.2, 0) is 92.4 Å². The van der Waals surface area contributed by atoms with Crippen molar-refractivity contribution >= 4 is 48.1 Å². The molecule has 9 atom stereocenters. The molecule has 9 unspecified atom stereocenters. The van der Waals surface area contributed by atoms with Gasteiger partial charge in [0.1, 0.15) is 84.6 Å². The number of aliphatic hydroxyl groups excluding tert-OH is 4. The molecule has 0 fully saturated rings. The first kappa shape index (κ1) is 85.4. The maximum atomic E-state index is 10.8. The average molecular weight is 1350 g/mol. The third-order valence-corrected chi connectivity index (χ3v) is 15.7. The molecule has 0 saturated heterocycles. The lowest BCUT2D eigenvalue weighted by molar-refractivity contribution is -0.697. The highest BCUT2D eigenvalue weighted by molar-refractivity contribution is 5.75. The Hall–Kier alpha value is -7.57. The number of carbonyl (C=O) groups excluding carboxylic acids is 1. The van der Waals surface area contributed by atoms with Crippen LogP contribution in [0.15, 0.2) is 55.9 Å². The largest absolute Gasteiger partial charge is 0.480 e. The lowest BCUT2D eigenvalue weighted by Crippen LogP contribution is -2.33. The van der Waals surface area contributed by atoms with Gasteiger partial charge in [0, 0.05) is 25.6 Å². The lowest BCUT2D eigenvalue weighted by atomic mass is 10.1. The summed E-state index contributed by atoms with van der Waals surface area (Å²) in [6.07, 6.45) is 26.0. The number of nitrogens with two attached hydrogens (primary N) is 7. The number of hydrogen-bond acceptors (Lipinski definition) is 19. The van der Waals surface area contributed by atoms with Gasteiger partial charge in [0.25, 0.3) is 0 Å². The topological polar surface area (TPSA) is 573 Å². The summed E-state index contributed by atoms with van der Waals surface area (Å²) in [5.41, 5.74) is 41.4. The molecule has 4 aromatic heterocycles. The van der Waals surface area contributed by atoms with Crippen molar-refractivity contribution in [1.29, 1.82) is 0 Å². The number of unbranched alkanes of at least 4 members (excludes halogenated alkanes) is 7. The van der Waals surface area contributed by atoms with Gasteiger partial charge in [-0.25, -0.2) is 27.4 Å². The summed E-state index contributed by atoms with van der Waals surface area (Å²) < 4.78 is 13.9. The van der Waals surface area contributed by atoms with E-state index in [1.807, 2.05) is 53.6 Å². The Morgan fingerprint density at radius 1 is 0.442 bits per heavy atom. The molecule has 0 aromatic carbocycles. The summed E-state index contributed by atoms with van der Waals surface area (Å²) in [5, 5.41) is 99.0. The van der Waals surface area contributed by atoms with Gasteiger partial charge in [-0.15, -0.1) is 0 Å². The molecule has 4 rings (SSSR count). The minimum atomic E-state index is -1.24. The van der Waals surface area contributed by atoms with Crippen molar-refractivity contribution in [3.05, 3.63) is 78.7 Å². The number of aliphatic carboxylic acids is 7. The number of nitrogens with zero attached hydrogens (tertiary/aromatic N) is 7. The van der Waals surface area contributed by atoms with Crippen LogP contribution in [0.1, 0.15) is 162 Å². The van der Waals surface area contributed by atoms with Crippen LogP contribution in [0.2, 0.25) is 0 Å². The van der Waals surface area contributed by atoms with Crippen molar-refractivity contribution in [3.63, 3.8) is 0 Å². The monoisotopic (exact) mass is 1350 g/mol. The van der Waals surface area contributed by atoms with Crippen molar-refractivity contribution in [2.75, 3.05) is 6.61 Å². The summed E-state index contributed by atoms with van der Waals surface area (Å²) >= 11 is 0. The Labute approximate surface area is 553 Å². The smallest absolute Gasteiger partial charge is 0.320 e. The Kier molecular flexibility index (Phi) is 43.3. The van der Waals surface area contributed by atoms with E-state index in [-0.39, 0.29) is 13.0 Å². The second-order valence-corrected chi connectivity index (χ2v) is 23.7. The molecule has 25 N–H and O–H groups in total. The lowest BCUT2D eigenvalue weighted by Gasteiger charge is -2.14. The van der Waals surface area contributed by atoms with Crippen LogP contribution >= 0.6 is 0 Å². The molecule has 33 heteroatoms. The van der Waals surface area contributed by atoms with Gasteiger partial charge in [0.2, 0.25) is 19.0 Å². The predicted octanol–water partition coefficient (Wildman–Crippen LogP) is -1.24. The van der Waals surface area contributed by atoms with Gasteiger partial charge in [-0.1, -0.05) is 0 Å². The van der Waals surface area contributed by atoms with Gasteiger partial charge in [-0.05, 0) is 147 Å². The van der Waals surface area contributed by atoms with E-state index in [0.717, 1.165) is 102 Å². The first-order valence-corrected chi connectivity index (χ1v) is 32.2. The Balaban J connectivity index is 0.000000643. The number of rotatable bonds is 48. The summed E-state index contributed by atoms with van der Waals surface area (Å²) in [6, 6.07) is -2.36. The molecule has 4 aromatic rings. The quantitative estimate of drug-likeness (QED) is 0.0140. The molecule has 0 aliphatic heterocycles. The molecular weight excluding hydrogens is 1240 g/mol. The summed E-state index contributed by atoms with van der Waals surface area (Å²) in [7, 11) is 0. The fourth-order valence-corrected chi connectivity index (χ4v) is 9.66. The first-order chi connectivity index (χ1) is 44.9. The van der Waals surface area contributed by atoms with Crippen LogP contribution in [0, 0.1) is 6.92 Å². The summed E-state index contributed by atoms with van der Waals surface area (Å²) in [6.45, 7) is 6.45. The highest BCUT2D eigenvalue weighted by atomic mass is 16.4. The molecular formula is C62H109N14O19+3. The number of aromatic nitrogens is 7. The maximum Gasteiger partial charge on any atom is 0.320 e. The van der Waals surface area contributed by atoms with E-state index < -0.39 is 103 Å². The Morgan fingerprint density at radius 3 is 1.19 bits per heavy atom. The van der Waals surface area contributed by atoms with E-state index in [1.165, 1.54) is 0 Å². The molecule has 0 aliphatic rings. The zero-order chi connectivity index (χ0) is 71.6. The van der Waals surface area contributed by atoms with E-state index in [2.05, 4.69) is 24.5 Å². The van der Waals surface area contributed by atoms with Gasteiger partial charge in [0.05, 0.1) is 64.3 Å². The van der Waals surface area contributed by atoms with E-state index >= 15 is 0 Å². The molecule has 33 nitrogen and oxygen atoms in total. The number of carboxylic acid groups (broad SMARTS) is 7. The number of aldehydes is 1. The highest BCUT2D eigenvalue weighted by Crippen LogP contribution is 2.14. The number of hydrogen-bond donors (Lipinski definition) is 18. The number of aryl methyl sites for hydroxylation is 7. The second kappa shape index (κ2) is 48.2. The van der Waals surface area contributed by atoms with Gasteiger partial charge in [0.15, 0.2) is 6.29 Å². The normalized spacial score (nSPS) is 14.0. The van der Waals surface area contributed by atoms with Gasteiger partial charge in [-0.2, -0.15) is 0 Å². The van der Waals surface area contributed by atoms with Crippen LogP contribution in [0.3, 0.4) is 0 Å². The molecule has 0 spiro atoms. The third-order valence-electron chi connectivity index (χ3n) is 15.7. The van der Waals surface area contributed by atoms with Gasteiger partial charge in [-0.3, -0.25) is 38.4 Å². The summed E-state index contributed by atoms with van der Waals surface area (Å²) in [4.78, 5) is 85.3. The van der Waals surface area contributed by atoms with E-state index in [9.17, 15) is 48.6 Å². The molecule has 0 saturated carbocycles. The fraction of sp³-hybridized carbons (Fsp3) is 0.661. The van der Waals surface area contributed by atoms with Crippen molar-refractivity contribution in [1.82, 2.24) is 18.3 Å². The third kappa shape index (κ3) is 36.8. The minimum absolute atomic E-state index is 0.123. The molecule has 0 radical (unpaired) electrons. The Bertz CT molecular complexity index is 2840. The predicted molar refractivity (Wildman–Crippen MR) is 343 cm³/mol. The zero-order valence-corrected chi connectivity index (χ0v) is 54.7. The standard InChI is InChI=1S/C19H34N4O7.C16H28N4O4.C15H26N4O4.C12H18N2O4/c20-14(18(27)28)5-1-3-7-22-10-13(9-16(25)17(26)11-24)23(12-22)8-4-2-6-15(21)19(29)30;1-12-10-19(8-4-2-6-13(17)15(21)22)11-20(12)9-5-3-7-14(18)16(23)24;16-12(14(20)21)5-1-3-7-18-9-10-19(11-18)8-4-2-6-13(17)15(22)23;13-11(12(17)18)3-1-2-6-14-9(7-15)4-5-10(14)8-16/h10,12,14-17,24-26H,1-9,11,20-21H2,(H-,27,28,29,30);10-11,13-14H,2-9,17-18H2,1H3,(H-,21,22,23,24);9-13H,1-8,16-17H2,(H-,20,21,22,23);4-5,7,11,16H,1-3,6,8,13H2,(H,17,18)/p+3. The minimum Gasteiger partial charge on any atom is -0.480 e. The number of imidazole rings is 3. The van der Waals surface area contributed by atoms with E-state index in [0.29, 0.717) is 108 Å². The number of aliphatic hydroxyl groups is 4. The molecule has 0 aliphatic carbocycles. The molecule has 4 heterocycles. The van der Waals surface area contributed by atoms with Crippen LogP contribution in [0.5, 0.6) is 0 Å². The Morgan fingerprint density at radius 2 is 0.800 bits per heavy atom. The van der Waals surface area contributed by atoms with Crippen molar-refractivity contribution in [2.24, 2.45) is 40.1 Å². The maximum absolute atomic E-state index is 10.8. The fourth-order valence-electron chi connectivity index (χ4n) is 9.66. The average Bonchev–Trinajstić information content (AvgIpc) is 1.75. The SMILES string of the molecule is Cc1c[n+](CCCCC(N)C(=O)O)cn1CCCCC(N)C(=O)O.NC(CCCCn1c(C=O)ccc1CO)C(=O)O.NC(CCCCn1c[n+](CCCCC(N)C(=O)O)cc1CC(O)C(O)CO)C(=O)O.NC(CCCCn1cc[n+](CCCCC(N)C(=O)O)c1)C(=O)O. The van der Waals surface area contributed by atoms with Gasteiger partial charge >= 0.3 is 41.8 Å². The van der Waals surface area contributed by atoms with E-state index in [4.69, 9.17) is 86.1 Å². The van der Waals surface area contributed by atoms with Crippen molar-refractivity contribution < 1.29 is 108 Å². The van der Waals surface area contributed by atoms with Crippen LogP contribution in [0.25, 0.3) is 0 Å². The van der Waals surface area contributed by atoms with Gasteiger partial charge < -0.3 is 101 Å². The molecule has 95 heavy (non-hydrogen) atoms. The zero-order valence-electron chi connectivity index (χ0n) is 54.7. The molecule has 538 valence electrons. The van der Waals surface area contributed by atoms with Crippen LogP contribution in [-0.4, -0.2) is 184 Å². The second-order valence-electron chi connectivity index (χ2n) is 23.7. The van der Waals surface area contributed by atoms with Crippen LogP contribution < -0.4 is 53.8 Å². The first-order valence-electron chi connectivity index (χ1n) is 32.2. The van der Waals surface area contributed by atoms with E-state index in [1.54, 1.807) is 16.7 Å². The number of carbonyl (C=O) groups is 8. The molecule has 0 bridgehead atoms. The van der Waals surface area contributed by atoms with Crippen molar-refractivity contribution in [3.8, 4) is 0 Å². The molecule has 0 amide bonds. The highest BCUT2D eigenvalue weighted by Gasteiger charge is 2.24.